The molecule has 2 aromatic rings. The molecule has 0 saturated heterocycles. The molecule has 0 spiro atoms. The van der Waals surface area contributed by atoms with E-state index in [-0.39, 0.29) is 5.78 Å². The molecule has 0 aliphatic carbocycles. The van der Waals surface area contributed by atoms with Gasteiger partial charge in [-0.25, -0.2) is 0 Å². The average molecular weight is 281 g/mol. The van der Waals surface area contributed by atoms with E-state index in [2.05, 4.69) is 32.0 Å². The van der Waals surface area contributed by atoms with Crippen molar-refractivity contribution >= 4 is 11.5 Å². The van der Waals surface area contributed by atoms with Gasteiger partial charge in [0.1, 0.15) is 5.78 Å². The first-order valence-corrected chi connectivity index (χ1v) is 7.26. The Morgan fingerprint density at radius 3 is 2.29 bits per heavy atom. The number of carbonyl (C=O) groups is 1. The molecule has 0 unspecified atom stereocenters. The lowest BCUT2D eigenvalue weighted by Gasteiger charge is -2.24. The number of benzene rings is 2. The van der Waals surface area contributed by atoms with Crippen LogP contribution in [0.3, 0.4) is 0 Å². The fourth-order valence-electron chi connectivity index (χ4n) is 2.45. The molecule has 0 aromatic heterocycles. The Morgan fingerprint density at radius 2 is 1.67 bits per heavy atom. The molecular weight excluding hydrogens is 258 g/mol. The van der Waals surface area contributed by atoms with E-state index in [1.54, 1.807) is 0 Å². The van der Waals surface area contributed by atoms with Gasteiger partial charge in [-0.3, -0.25) is 4.79 Å². The smallest absolute Gasteiger partial charge is 0.147 e. The Kier molecular flexibility index (Phi) is 4.17. The van der Waals surface area contributed by atoms with Crippen LogP contribution < -0.4 is 5.73 Å². The van der Waals surface area contributed by atoms with Crippen molar-refractivity contribution in [2.24, 2.45) is 0 Å². The summed E-state index contributed by atoms with van der Waals surface area (Å²) in [5, 5.41) is 0. The average Bonchev–Trinajstić information content (AvgIpc) is 2.43. The van der Waals surface area contributed by atoms with E-state index in [0.29, 0.717) is 6.42 Å². The third-order valence-electron chi connectivity index (χ3n) is 4.19. The van der Waals surface area contributed by atoms with Crippen molar-refractivity contribution in [1.82, 2.24) is 0 Å². The summed E-state index contributed by atoms with van der Waals surface area (Å²) < 4.78 is 0. The number of hydrogen-bond donors (Lipinski definition) is 1. The zero-order chi connectivity index (χ0) is 15.6. The minimum Gasteiger partial charge on any atom is -0.399 e. The Morgan fingerprint density at radius 1 is 1.05 bits per heavy atom. The fourth-order valence-corrected chi connectivity index (χ4v) is 2.45. The van der Waals surface area contributed by atoms with Crippen molar-refractivity contribution in [3.8, 4) is 0 Å². The largest absolute Gasteiger partial charge is 0.399 e. The molecule has 110 valence electrons. The van der Waals surface area contributed by atoms with Gasteiger partial charge in [0.25, 0.3) is 0 Å². The first-order valence-electron chi connectivity index (χ1n) is 7.26. The van der Waals surface area contributed by atoms with Gasteiger partial charge in [0.2, 0.25) is 0 Å². The van der Waals surface area contributed by atoms with Crippen molar-refractivity contribution in [3.63, 3.8) is 0 Å². The van der Waals surface area contributed by atoms with Crippen LogP contribution in [0, 0.1) is 13.8 Å². The highest BCUT2D eigenvalue weighted by atomic mass is 16.1. The molecule has 0 fully saturated rings. The summed E-state index contributed by atoms with van der Waals surface area (Å²) in [5.74, 6) is 0.223. The van der Waals surface area contributed by atoms with Gasteiger partial charge < -0.3 is 5.73 Å². The molecule has 0 saturated carbocycles. The maximum absolute atomic E-state index is 12.8. The fraction of sp³-hybridized carbons (Fsp3) is 0.316. The quantitative estimate of drug-likeness (QED) is 0.862. The minimum absolute atomic E-state index is 0.223. The maximum Gasteiger partial charge on any atom is 0.147 e. The zero-order valence-electron chi connectivity index (χ0n) is 13.2. The van der Waals surface area contributed by atoms with Crippen LogP contribution in [0.4, 0.5) is 5.69 Å². The number of Topliss-reactive ketones (excluding diaryl/α,β-unsaturated/α-hetero) is 1. The highest BCUT2D eigenvalue weighted by molar-refractivity contribution is 5.91. The normalized spacial score (nSPS) is 11.4. The highest BCUT2D eigenvalue weighted by Gasteiger charge is 2.29. The highest BCUT2D eigenvalue weighted by Crippen LogP contribution is 2.27. The molecule has 2 heteroatoms. The first-order chi connectivity index (χ1) is 9.80. The summed E-state index contributed by atoms with van der Waals surface area (Å²) in [6.07, 6.45) is 0.463. The topological polar surface area (TPSA) is 43.1 Å². The molecule has 0 bridgehead atoms. The standard InChI is InChI=1S/C19H23NO/c1-13-5-6-14(2)15(11-13)12-18(21)19(3,4)16-7-9-17(20)10-8-16/h5-11H,12,20H2,1-4H3. The van der Waals surface area contributed by atoms with Gasteiger partial charge in [0.15, 0.2) is 0 Å². The van der Waals surface area contributed by atoms with Crippen LogP contribution in [0.2, 0.25) is 0 Å². The summed E-state index contributed by atoms with van der Waals surface area (Å²) >= 11 is 0. The van der Waals surface area contributed by atoms with E-state index in [1.165, 1.54) is 11.1 Å². The van der Waals surface area contributed by atoms with Gasteiger partial charge in [-0.2, -0.15) is 0 Å². The summed E-state index contributed by atoms with van der Waals surface area (Å²) in [4.78, 5) is 12.8. The molecule has 2 aromatic carbocycles. The van der Waals surface area contributed by atoms with E-state index in [4.69, 9.17) is 5.73 Å². The van der Waals surface area contributed by atoms with E-state index in [1.807, 2.05) is 38.1 Å². The second-order valence-corrected chi connectivity index (χ2v) is 6.28. The number of ketones is 1. The molecule has 0 aliphatic rings. The maximum atomic E-state index is 12.8. The molecule has 2 nitrogen and oxygen atoms in total. The number of nitrogens with two attached hydrogens (primary N) is 1. The molecular formula is C19H23NO. The Bertz CT molecular complexity index is 654. The molecule has 0 aliphatic heterocycles. The lowest BCUT2D eigenvalue weighted by Crippen LogP contribution is -2.30. The van der Waals surface area contributed by atoms with Crippen molar-refractivity contribution in [2.45, 2.75) is 39.5 Å². The predicted molar refractivity (Wildman–Crippen MR) is 88.5 cm³/mol. The van der Waals surface area contributed by atoms with Crippen LogP contribution in [0.5, 0.6) is 0 Å². The lowest BCUT2D eigenvalue weighted by atomic mass is 9.78. The van der Waals surface area contributed by atoms with Gasteiger partial charge in [0, 0.05) is 17.5 Å². The van der Waals surface area contributed by atoms with E-state index in [9.17, 15) is 4.79 Å². The predicted octanol–water partition coefficient (Wildman–Crippen LogP) is 3.98. The van der Waals surface area contributed by atoms with E-state index in [0.717, 1.165) is 16.8 Å². The third kappa shape index (κ3) is 3.33. The molecule has 2 rings (SSSR count). The molecule has 0 atom stereocenters. The third-order valence-corrected chi connectivity index (χ3v) is 4.19. The zero-order valence-corrected chi connectivity index (χ0v) is 13.2. The molecule has 0 radical (unpaired) electrons. The van der Waals surface area contributed by atoms with Gasteiger partial charge in [0.05, 0.1) is 0 Å². The number of rotatable bonds is 4. The Labute approximate surface area is 127 Å². The van der Waals surface area contributed by atoms with Crippen LogP contribution in [-0.2, 0) is 16.6 Å². The van der Waals surface area contributed by atoms with Crippen molar-refractivity contribution < 1.29 is 4.79 Å². The lowest BCUT2D eigenvalue weighted by molar-refractivity contribution is -0.122. The van der Waals surface area contributed by atoms with E-state index >= 15 is 0 Å². The van der Waals surface area contributed by atoms with Crippen LogP contribution in [-0.4, -0.2) is 5.78 Å². The van der Waals surface area contributed by atoms with Crippen molar-refractivity contribution in [1.29, 1.82) is 0 Å². The van der Waals surface area contributed by atoms with Gasteiger partial charge in [-0.1, -0.05) is 35.9 Å². The Hall–Kier alpha value is -2.09. The summed E-state index contributed by atoms with van der Waals surface area (Å²) in [7, 11) is 0. The SMILES string of the molecule is Cc1ccc(C)c(CC(=O)C(C)(C)c2ccc(N)cc2)c1. The summed E-state index contributed by atoms with van der Waals surface area (Å²) in [6, 6.07) is 13.8. The number of hydrogen-bond acceptors (Lipinski definition) is 2. The number of aryl methyl sites for hydroxylation is 2. The van der Waals surface area contributed by atoms with Crippen molar-refractivity contribution in [2.75, 3.05) is 5.73 Å². The second kappa shape index (κ2) is 5.72. The van der Waals surface area contributed by atoms with Crippen LogP contribution in [0.1, 0.15) is 36.1 Å². The van der Waals surface area contributed by atoms with Crippen LogP contribution in [0.25, 0.3) is 0 Å². The molecule has 0 heterocycles. The second-order valence-electron chi connectivity index (χ2n) is 6.28. The van der Waals surface area contributed by atoms with E-state index < -0.39 is 5.41 Å². The minimum atomic E-state index is -0.510. The molecule has 21 heavy (non-hydrogen) atoms. The number of anilines is 1. The number of carbonyl (C=O) groups excluding carboxylic acids is 1. The van der Waals surface area contributed by atoms with Crippen molar-refractivity contribution in [3.05, 3.63) is 64.7 Å². The molecule has 2 N–H and O–H groups in total. The van der Waals surface area contributed by atoms with Crippen LogP contribution >= 0.6 is 0 Å². The molecule has 0 amide bonds. The van der Waals surface area contributed by atoms with Gasteiger partial charge in [-0.05, 0) is 56.5 Å². The first kappa shape index (κ1) is 15.3. The number of nitrogen functional groups attached to an aromatic ring is 1. The monoisotopic (exact) mass is 281 g/mol. The summed E-state index contributed by atoms with van der Waals surface area (Å²) in [6.45, 7) is 8.06. The van der Waals surface area contributed by atoms with Gasteiger partial charge in [-0.15, -0.1) is 0 Å². The van der Waals surface area contributed by atoms with Crippen LogP contribution in [0.15, 0.2) is 42.5 Å². The summed E-state index contributed by atoms with van der Waals surface area (Å²) in [5.41, 5.74) is 10.4. The Balaban J connectivity index is 2.26. The van der Waals surface area contributed by atoms with Gasteiger partial charge >= 0.3 is 0 Å².